The van der Waals surface area contributed by atoms with Gasteiger partial charge in [0.25, 0.3) is 0 Å². The van der Waals surface area contributed by atoms with E-state index in [9.17, 15) is 14.4 Å². The maximum atomic E-state index is 11.1. The Morgan fingerprint density at radius 3 is 2.31 bits per heavy atom. The second-order valence-corrected chi connectivity index (χ2v) is 5.38. The molecule has 0 aromatic carbocycles. The maximum absolute atomic E-state index is 11.1. The van der Waals surface area contributed by atoms with Crippen molar-refractivity contribution in [2.75, 3.05) is 13.2 Å². The van der Waals surface area contributed by atoms with Gasteiger partial charge in [-0.25, -0.2) is 0 Å². The minimum atomic E-state index is -0.343. The molecule has 0 heterocycles. The minimum absolute atomic E-state index is 0.207. The van der Waals surface area contributed by atoms with Crippen molar-refractivity contribution in [1.29, 1.82) is 0 Å². The smallest absolute Gasteiger partial charge is 0.302 e. The van der Waals surface area contributed by atoms with Crippen molar-refractivity contribution in [2.45, 2.75) is 59.0 Å². The van der Waals surface area contributed by atoms with Crippen molar-refractivity contribution >= 4 is 17.9 Å². The Bertz CT molecular complexity index is 597. The summed E-state index contributed by atoms with van der Waals surface area (Å²) < 4.78 is 14.8. The topological polar surface area (TPSA) is 78.9 Å². The van der Waals surface area contributed by atoms with Crippen LogP contribution in [0.15, 0.2) is 12.2 Å². The fraction of sp³-hybridized carbons (Fsp3) is 0.550. The van der Waals surface area contributed by atoms with Crippen LogP contribution in [-0.2, 0) is 28.6 Å². The lowest BCUT2D eigenvalue weighted by atomic mass is 10.1. The summed E-state index contributed by atoms with van der Waals surface area (Å²) in [5.41, 5.74) is 0. The third kappa shape index (κ3) is 17.6. The van der Waals surface area contributed by atoms with Crippen LogP contribution in [0.1, 0.15) is 52.9 Å². The Morgan fingerprint density at radius 2 is 1.65 bits per heavy atom. The van der Waals surface area contributed by atoms with Crippen LogP contribution in [0.25, 0.3) is 0 Å². The number of hydrogen-bond acceptors (Lipinski definition) is 6. The predicted octanol–water partition coefficient (Wildman–Crippen LogP) is 2.56. The molecule has 1 atom stereocenters. The first-order chi connectivity index (χ1) is 12.4. The molecule has 0 aliphatic heterocycles. The Labute approximate surface area is 155 Å². The molecule has 26 heavy (non-hydrogen) atoms. The third-order valence-corrected chi connectivity index (χ3v) is 2.96. The molecule has 0 saturated heterocycles. The van der Waals surface area contributed by atoms with Gasteiger partial charge in [0, 0.05) is 33.6 Å². The molecule has 0 amide bonds. The lowest BCUT2D eigenvalue weighted by Gasteiger charge is -2.16. The first-order valence-corrected chi connectivity index (χ1v) is 8.49. The molecule has 0 aliphatic carbocycles. The van der Waals surface area contributed by atoms with E-state index in [2.05, 4.69) is 23.7 Å². The average Bonchev–Trinajstić information content (AvgIpc) is 2.54. The van der Waals surface area contributed by atoms with Crippen LogP contribution < -0.4 is 0 Å². The number of esters is 3. The molecule has 1 unspecified atom stereocenters. The molecule has 0 radical (unpaired) electrons. The average molecular weight is 362 g/mol. The van der Waals surface area contributed by atoms with E-state index in [1.54, 1.807) is 12.2 Å². The molecule has 6 nitrogen and oxygen atoms in total. The normalized spacial score (nSPS) is 10.7. The molecule has 142 valence electrons. The number of ether oxygens (including phenoxy) is 3. The lowest BCUT2D eigenvalue weighted by molar-refractivity contribution is -0.149. The highest BCUT2D eigenvalue weighted by atomic mass is 16.6. The van der Waals surface area contributed by atoms with Gasteiger partial charge < -0.3 is 14.2 Å². The number of hydrogen-bond donors (Lipinski definition) is 0. The van der Waals surface area contributed by atoms with E-state index in [-0.39, 0.29) is 37.2 Å². The largest absolute Gasteiger partial charge is 0.466 e. The monoisotopic (exact) mass is 362 g/mol. The quantitative estimate of drug-likeness (QED) is 0.257. The van der Waals surface area contributed by atoms with E-state index in [0.29, 0.717) is 19.3 Å². The third-order valence-electron chi connectivity index (χ3n) is 2.96. The molecule has 6 heteroatoms. The number of unbranched alkanes of at least 4 members (excludes halogenated alkanes) is 2. The molecular weight excluding hydrogens is 336 g/mol. The van der Waals surface area contributed by atoms with Crippen LogP contribution in [0.3, 0.4) is 0 Å². The van der Waals surface area contributed by atoms with Crippen molar-refractivity contribution in [3.8, 4) is 23.7 Å². The highest BCUT2D eigenvalue weighted by molar-refractivity contribution is 5.66. The summed E-state index contributed by atoms with van der Waals surface area (Å²) >= 11 is 0. The Morgan fingerprint density at radius 1 is 0.923 bits per heavy atom. The van der Waals surface area contributed by atoms with Crippen molar-refractivity contribution in [3.63, 3.8) is 0 Å². The van der Waals surface area contributed by atoms with E-state index in [4.69, 9.17) is 14.2 Å². The number of rotatable bonds is 10. The van der Waals surface area contributed by atoms with Crippen LogP contribution in [-0.4, -0.2) is 37.2 Å². The SMILES string of the molecule is CC(=O)OCC=CC#CC#CCCCCC(CCOC(C)=O)OC(C)=O. The van der Waals surface area contributed by atoms with Gasteiger partial charge in [-0.3, -0.25) is 14.4 Å². The summed E-state index contributed by atoms with van der Waals surface area (Å²) in [6.07, 6.45) is 6.59. The first-order valence-electron chi connectivity index (χ1n) is 8.49. The Kier molecular flexibility index (Phi) is 14.1. The fourth-order valence-electron chi connectivity index (χ4n) is 1.87. The molecule has 0 rings (SSSR count). The summed E-state index contributed by atoms with van der Waals surface area (Å²) in [4.78, 5) is 32.4. The molecule has 0 aromatic heterocycles. The molecule has 0 spiro atoms. The zero-order chi connectivity index (χ0) is 19.6. The summed E-state index contributed by atoms with van der Waals surface area (Å²) in [5, 5.41) is 0. The summed E-state index contributed by atoms with van der Waals surface area (Å²) in [6.45, 7) is 4.51. The second kappa shape index (κ2) is 15.8. The summed E-state index contributed by atoms with van der Waals surface area (Å²) in [5.74, 6) is 10.1. The van der Waals surface area contributed by atoms with Crippen molar-refractivity contribution in [3.05, 3.63) is 12.2 Å². The van der Waals surface area contributed by atoms with Crippen LogP contribution in [0.4, 0.5) is 0 Å². The fourth-order valence-corrected chi connectivity index (χ4v) is 1.87. The van der Waals surface area contributed by atoms with Crippen LogP contribution >= 0.6 is 0 Å². The van der Waals surface area contributed by atoms with Crippen molar-refractivity contribution in [1.82, 2.24) is 0 Å². The van der Waals surface area contributed by atoms with Gasteiger partial charge in [-0.1, -0.05) is 11.8 Å². The molecule has 0 saturated carbocycles. The second-order valence-electron chi connectivity index (χ2n) is 5.38. The number of allylic oxidation sites excluding steroid dienone is 1. The summed E-state index contributed by atoms with van der Waals surface area (Å²) in [7, 11) is 0. The van der Waals surface area contributed by atoms with Gasteiger partial charge in [0.1, 0.15) is 12.7 Å². The highest BCUT2D eigenvalue weighted by Crippen LogP contribution is 2.11. The van der Waals surface area contributed by atoms with Crippen LogP contribution in [0.5, 0.6) is 0 Å². The van der Waals surface area contributed by atoms with Crippen molar-refractivity contribution in [2.24, 2.45) is 0 Å². The van der Waals surface area contributed by atoms with Crippen molar-refractivity contribution < 1.29 is 28.6 Å². The first kappa shape index (κ1) is 23.3. The van der Waals surface area contributed by atoms with Crippen LogP contribution in [0.2, 0.25) is 0 Å². The minimum Gasteiger partial charge on any atom is -0.466 e. The van der Waals surface area contributed by atoms with Gasteiger partial charge in [0.15, 0.2) is 0 Å². The number of carbonyl (C=O) groups excluding carboxylic acids is 3. The molecule has 0 bridgehead atoms. The zero-order valence-electron chi connectivity index (χ0n) is 15.6. The van der Waals surface area contributed by atoms with Gasteiger partial charge in [-0.2, -0.15) is 0 Å². The van der Waals surface area contributed by atoms with Gasteiger partial charge in [-0.15, -0.1) is 0 Å². The van der Waals surface area contributed by atoms with Gasteiger partial charge >= 0.3 is 17.9 Å². The van der Waals surface area contributed by atoms with Gasteiger partial charge in [-0.05, 0) is 43.3 Å². The standard InChI is InChI=1S/C20H26O6/c1-17(21)24-15-12-10-8-6-4-5-7-9-11-13-20(26-19(3)23)14-16-25-18(2)22/h10,12,20H,7,9,11,13-16H2,1-3H3. The molecular formula is C20H26O6. The molecule has 0 fully saturated rings. The molecule has 0 aliphatic rings. The number of carbonyl (C=O) groups is 3. The van der Waals surface area contributed by atoms with E-state index in [1.807, 2.05) is 0 Å². The van der Waals surface area contributed by atoms with Gasteiger partial charge in [0.2, 0.25) is 0 Å². The van der Waals surface area contributed by atoms with E-state index in [0.717, 1.165) is 12.8 Å². The Balaban J connectivity index is 3.95. The summed E-state index contributed by atoms with van der Waals surface area (Å²) in [6, 6.07) is 0. The lowest BCUT2D eigenvalue weighted by Crippen LogP contribution is -2.19. The predicted molar refractivity (Wildman–Crippen MR) is 96.6 cm³/mol. The van der Waals surface area contributed by atoms with E-state index < -0.39 is 0 Å². The van der Waals surface area contributed by atoms with Crippen LogP contribution in [0, 0.1) is 23.7 Å². The van der Waals surface area contributed by atoms with E-state index in [1.165, 1.54) is 20.8 Å². The van der Waals surface area contributed by atoms with Gasteiger partial charge in [0.05, 0.1) is 6.61 Å². The Hall–Kier alpha value is -2.73. The molecule has 0 aromatic rings. The molecule has 0 N–H and O–H groups in total. The maximum Gasteiger partial charge on any atom is 0.302 e. The zero-order valence-corrected chi connectivity index (χ0v) is 15.6. The van der Waals surface area contributed by atoms with E-state index >= 15 is 0 Å². The highest BCUT2D eigenvalue weighted by Gasteiger charge is 2.12.